The molecule has 1 fully saturated rings. The molecule has 0 radical (unpaired) electrons. The van der Waals surface area contributed by atoms with Crippen LogP contribution in [0.2, 0.25) is 0 Å². The van der Waals surface area contributed by atoms with Gasteiger partial charge in [-0.15, -0.1) is 11.3 Å². The third-order valence-corrected chi connectivity index (χ3v) is 6.23. The molecular formula is C20H18N2O2S. The number of nitrogens with zero attached hydrogens (tertiary/aromatic N) is 2. The second-order valence-electron chi connectivity index (χ2n) is 6.88. The van der Waals surface area contributed by atoms with Crippen molar-refractivity contribution >= 4 is 17.2 Å². The molecule has 0 N–H and O–H groups in total. The van der Waals surface area contributed by atoms with Crippen LogP contribution in [0, 0.1) is 0 Å². The van der Waals surface area contributed by atoms with Gasteiger partial charge in [0.15, 0.2) is 5.76 Å². The van der Waals surface area contributed by atoms with E-state index in [4.69, 9.17) is 4.52 Å². The van der Waals surface area contributed by atoms with Gasteiger partial charge in [0, 0.05) is 19.2 Å². The molecule has 0 atom stereocenters. The van der Waals surface area contributed by atoms with Crippen LogP contribution in [0.3, 0.4) is 0 Å². The normalized spacial score (nSPS) is 18.0. The van der Waals surface area contributed by atoms with Crippen LogP contribution in [-0.4, -0.2) is 22.5 Å². The molecule has 1 aromatic carbocycles. The van der Waals surface area contributed by atoms with Gasteiger partial charge < -0.3 is 9.42 Å². The molecule has 0 unspecified atom stereocenters. The first-order valence-corrected chi connectivity index (χ1v) is 9.51. The average Bonchev–Trinajstić information content (AvgIpc) is 3.07. The molecule has 1 aliphatic carbocycles. The highest BCUT2D eigenvalue weighted by Crippen LogP contribution is 2.50. The predicted octanol–water partition coefficient (Wildman–Crippen LogP) is 4.02. The van der Waals surface area contributed by atoms with Crippen molar-refractivity contribution in [2.75, 3.05) is 6.54 Å². The van der Waals surface area contributed by atoms with Gasteiger partial charge in [0.1, 0.15) is 0 Å². The number of rotatable bonds is 3. The molecule has 0 spiro atoms. The zero-order valence-electron chi connectivity index (χ0n) is 13.8. The second kappa shape index (κ2) is 5.56. The Morgan fingerprint density at radius 2 is 2.00 bits per heavy atom. The van der Waals surface area contributed by atoms with Crippen LogP contribution in [0.15, 0.2) is 52.4 Å². The fraction of sp³-hybridized carbons (Fsp3) is 0.300. The molecule has 5 heteroatoms. The highest BCUT2D eigenvalue weighted by molar-refractivity contribution is 7.13. The molecule has 3 heterocycles. The third kappa shape index (κ3) is 2.42. The summed E-state index contributed by atoms with van der Waals surface area (Å²) < 4.78 is 5.52. The average molecular weight is 350 g/mol. The summed E-state index contributed by atoms with van der Waals surface area (Å²) in [6, 6.07) is 14.4. The van der Waals surface area contributed by atoms with Gasteiger partial charge in [0.05, 0.1) is 16.0 Å². The van der Waals surface area contributed by atoms with E-state index in [0.29, 0.717) is 6.54 Å². The number of carbonyl (C=O) groups excluding carboxylic acids is 1. The van der Waals surface area contributed by atoms with Crippen LogP contribution in [0.4, 0.5) is 0 Å². The second-order valence-corrected chi connectivity index (χ2v) is 7.83. The van der Waals surface area contributed by atoms with Gasteiger partial charge in [-0.2, -0.15) is 0 Å². The largest absolute Gasteiger partial charge is 0.355 e. The van der Waals surface area contributed by atoms with Crippen LogP contribution in [0.5, 0.6) is 0 Å². The quantitative estimate of drug-likeness (QED) is 0.717. The number of hydrogen-bond donors (Lipinski definition) is 0. The van der Waals surface area contributed by atoms with Crippen molar-refractivity contribution in [1.29, 1.82) is 0 Å². The lowest BCUT2D eigenvalue weighted by Gasteiger charge is -2.31. The van der Waals surface area contributed by atoms with Crippen LogP contribution in [0.25, 0.3) is 10.6 Å². The van der Waals surface area contributed by atoms with Crippen LogP contribution in [0.1, 0.15) is 29.7 Å². The fourth-order valence-electron chi connectivity index (χ4n) is 3.71. The molecule has 4 nitrogen and oxygen atoms in total. The Morgan fingerprint density at radius 3 is 2.76 bits per heavy atom. The van der Waals surface area contributed by atoms with Crippen molar-refractivity contribution in [2.24, 2.45) is 0 Å². The smallest absolute Gasteiger partial charge is 0.235 e. The van der Waals surface area contributed by atoms with Crippen molar-refractivity contribution in [3.05, 3.63) is 64.7 Å². The molecule has 0 bridgehead atoms. The van der Waals surface area contributed by atoms with E-state index in [1.54, 1.807) is 11.3 Å². The van der Waals surface area contributed by atoms with E-state index in [1.165, 1.54) is 11.1 Å². The van der Waals surface area contributed by atoms with Crippen molar-refractivity contribution in [3.8, 4) is 10.6 Å². The van der Waals surface area contributed by atoms with Crippen LogP contribution in [-0.2, 0) is 23.2 Å². The minimum Gasteiger partial charge on any atom is -0.355 e. The summed E-state index contributed by atoms with van der Waals surface area (Å²) in [6.45, 7) is 1.49. The van der Waals surface area contributed by atoms with E-state index in [2.05, 4.69) is 23.4 Å². The van der Waals surface area contributed by atoms with Crippen molar-refractivity contribution in [1.82, 2.24) is 10.1 Å². The first-order valence-electron chi connectivity index (χ1n) is 8.63. The molecule has 2 aromatic heterocycles. The molecule has 1 saturated carbocycles. The molecule has 25 heavy (non-hydrogen) atoms. The molecule has 2 aliphatic rings. The number of carbonyl (C=O) groups is 1. The van der Waals surface area contributed by atoms with E-state index in [9.17, 15) is 4.79 Å². The Bertz CT molecular complexity index is 925. The van der Waals surface area contributed by atoms with E-state index >= 15 is 0 Å². The molecule has 1 aliphatic heterocycles. The summed E-state index contributed by atoms with van der Waals surface area (Å²) in [7, 11) is 0. The minimum atomic E-state index is -0.467. The zero-order chi connectivity index (χ0) is 16.9. The Hall–Kier alpha value is -2.40. The standard InChI is InChI=1S/C20H18N2O2S/c23-19(22-10-7-14-4-1-2-5-15(14)13-22)20(8-9-20)18-12-16(24-21-18)17-6-3-11-25-17/h1-6,11-12H,7-10,13H2. The molecule has 126 valence electrons. The Kier molecular flexibility index (Phi) is 3.31. The van der Waals surface area contributed by atoms with Gasteiger partial charge >= 0.3 is 0 Å². The maximum Gasteiger partial charge on any atom is 0.235 e. The Labute approximate surface area is 150 Å². The van der Waals surface area contributed by atoms with Gasteiger partial charge in [-0.25, -0.2) is 0 Å². The number of fused-ring (bicyclic) bond motifs is 1. The first-order chi connectivity index (χ1) is 12.3. The molecule has 3 aromatic rings. The van der Waals surface area contributed by atoms with Crippen molar-refractivity contribution < 1.29 is 9.32 Å². The maximum absolute atomic E-state index is 13.2. The number of thiophene rings is 1. The topological polar surface area (TPSA) is 46.3 Å². The maximum atomic E-state index is 13.2. The van der Waals surface area contributed by atoms with E-state index in [-0.39, 0.29) is 5.91 Å². The van der Waals surface area contributed by atoms with Gasteiger partial charge in [0.2, 0.25) is 5.91 Å². The summed E-state index contributed by atoms with van der Waals surface area (Å²) in [5, 5.41) is 6.27. The number of benzene rings is 1. The highest BCUT2D eigenvalue weighted by atomic mass is 32.1. The lowest BCUT2D eigenvalue weighted by molar-refractivity contribution is -0.135. The lowest BCUT2D eigenvalue weighted by atomic mass is 9.95. The Balaban J connectivity index is 1.40. The van der Waals surface area contributed by atoms with Crippen LogP contribution < -0.4 is 0 Å². The van der Waals surface area contributed by atoms with Crippen LogP contribution >= 0.6 is 11.3 Å². The SMILES string of the molecule is O=C(N1CCc2ccccc2C1)C1(c2cc(-c3cccs3)on2)CC1. The highest BCUT2D eigenvalue weighted by Gasteiger charge is 2.55. The summed E-state index contributed by atoms with van der Waals surface area (Å²) in [6.07, 6.45) is 2.65. The van der Waals surface area contributed by atoms with E-state index in [0.717, 1.165) is 42.1 Å². The predicted molar refractivity (Wildman–Crippen MR) is 96.3 cm³/mol. The third-order valence-electron chi connectivity index (χ3n) is 5.34. The lowest BCUT2D eigenvalue weighted by Crippen LogP contribution is -2.42. The summed E-state index contributed by atoms with van der Waals surface area (Å²) in [5.41, 5.74) is 2.94. The Morgan fingerprint density at radius 1 is 1.16 bits per heavy atom. The molecule has 0 saturated heterocycles. The molecule has 1 amide bonds. The number of aromatic nitrogens is 1. The number of amides is 1. The van der Waals surface area contributed by atoms with E-state index in [1.807, 2.05) is 34.5 Å². The van der Waals surface area contributed by atoms with Gasteiger partial charge in [-0.3, -0.25) is 4.79 Å². The van der Waals surface area contributed by atoms with Crippen molar-refractivity contribution in [3.63, 3.8) is 0 Å². The molecule has 5 rings (SSSR count). The minimum absolute atomic E-state index is 0.202. The summed E-state index contributed by atoms with van der Waals surface area (Å²) in [4.78, 5) is 16.3. The van der Waals surface area contributed by atoms with Crippen molar-refractivity contribution in [2.45, 2.75) is 31.2 Å². The van der Waals surface area contributed by atoms with Gasteiger partial charge in [-0.05, 0) is 41.8 Å². The van der Waals surface area contributed by atoms with E-state index < -0.39 is 5.41 Å². The zero-order valence-corrected chi connectivity index (χ0v) is 14.6. The fourth-order valence-corrected chi connectivity index (χ4v) is 4.39. The van der Waals surface area contributed by atoms with Gasteiger partial charge in [0.25, 0.3) is 0 Å². The first kappa shape index (κ1) is 14.9. The van der Waals surface area contributed by atoms with Gasteiger partial charge in [-0.1, -0.05) is 35.5 Å². The molecular weight excluding hydrogens is 332 g/mol. The number of hydrogen-bond acceptors (Lipinski definition) is 4. The summed E-state index contributed by atoms with van der Waals surface area (Å²) in [5.74, 6) is 0.959. The monoisotopic (exact) mass is 350 g/mol. The summed E-state index contributed by atoms with van der Waals surface area (Å²) >= 11 is 1.62.